The number of unbranched alkanes of at least 4 members (excludes halogenated alkanes) is 5. The van der Waals surface area contributed by atoms with Crippen molar-refractivity contribution in [1.82, 2.24) is 10.2 Å². The van der Waals surface area contributed by atoms with Crippen LogP contribution in [-0.2, 0) is 0 Å². The largest absolute Gasteiger partial charge is 0.392 e. The van der Waals surface area contributed by atoms with Gasteiger partial charge in [0.1, 0.15) is 0 Å². The van der Waals surface area contributed by atoms with E-state index in [4.69, 9.17) is 5.73 Å². The van der Waals surface area contributed by atoms with E-state index in [9.17, 15) is 5.11 Å². The average molecular weight is 302 g/mol. The van der Waals surface area contributed by atoms with Crippen LogP contribution in [0.5, 0.6) is 0 Å². The fourth-order valence-corrected chi connectivity index (χ4v) is 2.48. The molecule has 1 atom stereocenters. The van der Waals surface area contributed by atoms with Crippen LogP contribution in [0.15, 0.2) is 0 Å². The van der Waals surface area contributed by atoms with Crippen LogP contribution in [0.1, 0.15) is 64.7 Å². The predicted molar refractivity (Wildman–Crippen MR) is 92.7 cm³/mol. The summed E-state index contributed by atoms with van der Waals surface area (Å²) in [6.45, 7) is 6.91. The molecule has 0 rings (SSSR count). The first-order valence-electron chi connectivity index (χ1n) is 8.98. The SMILES string of the molecule is CCCCCCCCC(O)CNCCCN(C)CCCN. The Morgan fingerprint density at radius 1 is 1.00 bits per heavy atom. The van der Waals surface area contributed by atoms with Gasteiger partial charge in [-0.05, 0) is 52.5 Å². The van der Waals surface area contributed by atoms with Crippen molar-refractivity contribution < 1.29 is 5.11 Å². The Hall–Kier alpha value is -0.160. The van der Waals surface area contributed by atoms with E-state index in [1.165, 1.54) is 32.1 Å². The van der Waals surface area contributed by atoms with Crippen LogP contribution in [0.25, 0.3) is 0 Å². The third-order valence-corrected chi connectivity index (χ3v) is 3.91. The summed E-state index contributed by atoms with van der Waals surface area (Å²) in [7, 11) is 2.14. The van der Waals surface area contributed by atoms with E-state index in [2.05, 4.69) is 24.2 Å². The van der Waals surface area contributed by atoms with Crippen LogP contribution < -0.4 is 11.1 Å². The van der Waals surface area contributed by atoms with E-state index in [0.29, 0.717) is 0 Å². The van der Waals surface area contributed by atoms with Gasteiger partial charge < -0.3 is 21.1 Å². The van der Waals surface area contributed by atoms with Gasteiger partial charge >= 0.3 is 0 Å². The van der Waals surface area contributed by atoms with E-state index in [1.807, 2.05) is 0 Å². The number of nitrogens with two attached hydrogens (primary N) is 1. The van der Waals surface area contributed by atoms with Gasteiger partial charge in [0, 0.05) is 6.54 Å². The lowest BCUT2D eigenvalue weighted by Crippen LogP contribution is -2.30. The molecule has 21 heavy (non-hydrogen) atoms. The summed E-state index contributed by atoms with van der Waals surface area (Å²) in [6, 6.07) is 0. The van der Waals surface area contributed by atoms with E-state index >= 15 is 0 Å². The van der Waals surface area contributed by atoms with Crippen molar-refractivity contribution in [3.05, 3.63) is 0 Å². The number of hydrogen-bond donors (Lipinski definition) is 3. The Morgan fingerprint density at radius 3 is 2.38 bits per heavy atom. The molecule has 0 aromatic carbocycles. The fraction of sp³-hybridized carbons (Fsp3) is 1.00. The molecule has 0 saturated heterocycles. The number of rotatable bonds is 16. The van der Waals surface area contributed by atoms with Crippen molar-refractivity contribution in [1.29, 1.82) is 0 Å². The summed E-state index contributed by atoms with van der Waals surface area (Å²) in [5.41, 5.74) is 5.49. The van der Waals surface area contributed by atoms with Crippen molar-refractivity contribution in [3.63, 3.8) is 0 Å². The Kier molecular flexibility index (Phi) is 16.1. The monoisotopic (exact) mass is 301 g/mol. The van der Waals surface area contributed by atoms with Gasteiger partial charge in [-0.3, -0.25) is 0 Å². The Morgan fingerprint density at radius 2 is 1.67 bits per heavy atom. The third kappa shape index (κ3) is 16.0. The lowest BCUT2D eigenvalue weighted by Gasteiger charge is -2.16. The van der Waals surface area contributed by atoms with Crippen molar-refractivity contribution >= 4 is 0 Å². The summed E-state index contributed by atoms with van der Waals surface area (Å²) >= 11 is 0. The van der Waals surface area contributed by atoms with Crippen LogP contribution in [0.4, 0.5) is 0 Å². The molecule has 0 aliphatic heterocycles. The first kappa shape index (κ1) is 20.8. The molecule has 4 nitrogen and oxygen atoms in total. The molecule has 0 aliphatic carbocycles. The van der Waals surface area contributed by atoms with Gasteiger partial charge in [-0.25, -0.2) is 0 Å². The summed E-state index contributed by atoms with van der Waals surface area (Å²) in [6.07, 6.45) is 10.7. The number of hydrogen-bond acceptors (Lipinski definition) is 4. The summed E-state index contributed by atoms with van der Waals surface area (Å²) in [4.78, 5) is 2.32. The van der Waals surface area contributed by atoms with Crippen LogP contribution in [0.2, 0.25) is 0 Å². The molecule has 0 fully saturated rings. The highest BCUT2D eigenvalue weighted by Crippen LogP contribution is 2.08. The molecule has 4 N–H and O–H groups in total. The zero-order chi connectivity index (χ0) is 15.8. The minimum Gasteiger partial charge on any atom is -0.392 e. The molecule has 0 heterocycles. The minimum absolute atomic E-state index is 0.175. The predicted octanol–water partition coefficient (Wildman–Crippen LogP) is 2.36. The molecular weight excluding hydrogens is 262 g/mol. The van der Waals surface area contributed by atoms with Gasteiger partial charge in [-0.15, -0.1) is 0 Å². The van der Waals surface area contributed by atoms with Crippen molar-refractivity contribution in [2.75, 3.05) is 39.8 Å². The standard InChI is InChI=1S/C17H39N3O/c1-3-4-5-6-7-8-11-17(21)16-19-13-10-15-20(2)14-9-12-18/h17,19,21H,3-16,18H2,1-2H3. The van der Waals surface area contributed by atoms with E-state index in [-0.39, 0.29) is 6.10 Å². The number of aliphatic hydroxyl groups excluding tert-OH is 1. The second-order valence-electron chi connectivity index (χ2n) is 6.21. The zero-order valence-corrected chi connectivity index (χ0v) is 14.4. The van der Waals surface area contributed by atoms with Gasteiger partial charge in [0.25, 0.3) is 0 Å². The second kappa shape index (κ2) is 16.2. The molecule has 4 heteroatoms. The molecule has 0 amide bonds. The smallest absolute Gasteiger partial charge is 0.0664 e. The normalized spacial score (nSPS) is 13.0. The first-order chi connectivity index (χ1) is 10.2. The third-order valence-electron chi connectivity index (χ3n) is 3.91. The summed E-state index contributed by atoms with van der Waals surface area (Å²) < 4.78 is 0. The molecule has 128 valence electrons. The highest BCUT2D eigenvalue weighted by molar-refractivity contribution is 4.61. The van der Waals surface area contributed by atoms with Crippen molar-refractivity contribution in [2.45, 2.75) is 70.8 Å². The molecule has 0 saturated carbocycles. The molecule has 0 spiro atoms. The van der Waals surface area contributed by atoms with E-state index < -0.39 is 0 Å². The van der Waals surface area contributed by atoms with Gasteiger partial charge in [-0.1, -0.05) is 45.4 Å². The maximum absolute atomic E-state index is 9.89. The Balaban J connectivity index is 3.24. The van der Waals surface area contributed by atoms with Crippen molar-refractivity contribution in [3.8, 4) is 0 Å². The van der Waals surface area contributed by atoms with Crippen LogP contribution in [0.3, 0.4) is 0 Å². The van der Waals surface area contributed by atoms with Crippen LogP contribution in [-0.4, -0.2) is 55.9 Å². The summed E-state index contributed by atoms with van der Waals surface area (Å²) in [5, 5.41) is 13.2. The highest BCUT2D eigenvalue weighted by atomic mass is 16.3. The maximum atomic E-state index is 9.89. The minimum atomic E-state index is -0.175. The maximum Gasteiger partial charge on any atom is 0.0664 e. The number of nitrogens with zero attached hydrogens (tertiary/aromatic N) is 1. The molecular formula is C17H39N3O. The Bertz CT molecular complexity index is 202. The van der Waals surface area contributed by atoms with Crippen molar-refractivity contribution in [2.24, 2.45) is 5.73 Å². The lowest BCUT2D eigenvalue weighted by atomic mass is 10.1. The Labute approximate surface area is 132 Å². The molecule has 0 bridgehead atoms. The fourth-order valence-electron chi connectivity index (χ4n) is 2.48. The first-order valence-corrected chi connectivity index (χ1v) is 8.98. The molecule has 0 aliphatic rings. The highest BCUT2D eigenvalue weighted by Gasteiger charge is 2.03. The second-order valence-corrected chi connectivity index (χ2v) is 6.21. The van der Waals surface area contributed by atoms with Gasteiger partial charge in [0.15, 0.2) is 0 Å². The number of aliphatic hydroxyl groups is 1. The summed E-state index contributed by atoms with van der Waals surface area (Å²) in [5.74, 6) is 0. The van der Waals surface area contributed by atoms with Crippen LogP contribution in [0, 0.1) is 0 Å². The van der Waals surface area contributed by atoms with Gasteiger partial charge in [-0.2, -0.15) is 0 Å². The lowest BCUT2D eigenvalue weighted by molar-refractivity contribution is 0.157. The molecule has 0 aromatic rings. The van der Waals surface area contributed by atoms with E-state index in [0.717, 1.165) is 58.4 Å². The quantitative estimate of drug-likeness (QED) is 0.383. The topological polar surface area (TPSA) is 61.5 Å². The van der Waals surface area contributed by atoms with Gasteiger partial charge in [0.05, 0.1) is 6.10 Å². The van der Waals surface area contributed by atoms with Crippen LogP contribution >= 0.6 is 0 Å². The average Bonchev–Trinajstić information content (AvgIpc) is 2.48. The van der Waals surface area contributed by atoms with E-state index in [1.54, 1.807) is 0 Å². The zero-order valence-electron chi connectivity index (χ0n) is 14.4. The molecule has 1 unspecified atom stereocenters. The molecule has 0 aromatic heterocycles. The number of nitrogens with one attached hydrogen (secondary N) is 1. The molecule has 0 radical (unpaired) electrons. The van der Waals surface area contributed by atoms with Gasteiger partial charge in [0.2, 0.25) is 0 Å².